The lowest BCUT2D eigenvalue weighted by Gasteiger charge is -2.08. The molecule has 0 bridgehead atoms. The molecule has 0 fully saturated rings. The van der Waals surface area contributed by atoms with Gasteiger partial charge in [-0.25, -0.2) is 4.39 Å². The highest BCUT2D eigenvalue weighted by molar-refractivity contribution is 7.98. The predicted octanol–water partition coefficient (Wildman–Crippen LogP) is 5.84. The lowest BCUT2D eigenvalue weighted by molar-refractivity contribution is 0.110. The standard InChI is InChI=1S/C18H12ClFO2S/c19-15-6-3-4-12(18(15)20)11-23-17-7-2-1-5-14(17)16-9-8-13(10-21)22-16/h1-10H,11H2. The van der Waals surface area contributed by atoms with Gasteiger partial charge in [0.2, 0.25) is 0 Å². The molecule has 3 rings (SSSR count). The minimum Gasteiger partial charge on any atom is -0.453 e. The molecule has 2 aromatic carbocycles. The Balaban J connectivity index is 1.86. The maximum atomic E-state index is 14.0. The molecule has 0 radical (unpaired) electrons. The molecular formula is C18H12ClFO2S. The van der Waals surface area contributed by atoms with Gasteiger partial charge in [-0.3, -0.25) is 4.79 Å². The highest BCUT2D eigenvalue weighted by Crippen LogP contribution is 2.34. The number of hydrogen-bond acceptors (Lipinski definition) is 3. The summed E-state index contributed by atoms with van der Waals surface area (Å²) in [5.74, 6) is 0.952. The quantitative estimate of drug-likeness (QED) is 0.429. The van der Waals surface area contributed by atoms with Gasteiger partial charge < -0.3 is 4.42 Å². The third kappa shape index (κ3) is 3.49. The van der Waals surface area contributed by atoms with Crippen LogP contribution in [0.1, 0.15) is 16.1 Å². The topological polar surface area (TPSA) is 30.2 Å². The Hall–Kier alpha value is -2.04. The predicted molar refractivity (Wildman–Crippen MR) is 90.5 cm³/mol. The van der Waals surface area contributed by atoms with E-state index in [1.807, 2.05) is 24.3 Å². The molecule has 0 amide bonds. The zero-order valence-electron chi connectivity index (χ0n) is 12.0. The summed E-state index contributed by atoms with van der Waals surface area (Å²) < 4.78 is 19.5. The molecule has 0 saturated heterocycles. The molecule has 0 saturated carbocycles. The number of rotatable bonds is 5. The smallest absolute Gasteiger partial charge is 0.185 e. The minimum absolute atomic E-state index is 0.123. The monoisotopic (exact) mass is 346 g/mol. The second-order valence-corrected chi connectivity index (χ2v) is 6.24. The molecule has 0 aliphatic carbocycles. The summed E-state index contributed by atoms with van der Waals surface area (Å²) in [5.41, 5.74) is 1.42. The first kappa shape index (κ1) is 15.8. The summed E-state index contributed by atoms with van der Waals surface area (Å²) in [6, 6.07) is 16.0. The van der Waals surface area contributed by atoms with Crippen LogP contribution in [0.2, 0.25) is 5.02 Å². The van der Waals surface area contributed by atoms with Crippen LogP contribution in [-0.4, -0.2) is 6.29 Å². The first-order chi connectivity index (χ1) is 11.2. The van der Waals surface area contributed by atoms with Gasteiger partial charge in [0, 0.05) is 16.2 Å². The van der Waals surface area contributed by atoms with E-state index >= 15 is 0 Å². The van der Waals surface area contributed by atoms with Crippen molar-refractivity contribution in [3.63, 3.8) is 0 Å². The Labute approximate surface area is 142 Å². The van der Waals surface area contributed by atoms with Gasteiger partial charge in [0.15, 0.2) is 12.0 Å². The van der Waals surface area contributed by atoms with Gasteiger partial charge >= 0.3 is 0 Å². The van der Waals surface area contributed by atoms with E-state index in [-0.39, 0.29) is 16.6 Å². The van der Waals surface area contributed by atoms with Gasteiger partial charge in [-0.05, 0) is 29.8 Å². The van der Waals surface area contributed by atoms with E-state index < -0.39 is 0 Å². The summed E-state index contributed by atoms with van der Waals surface area (Å²) >= 11 is 7.30. The second kappa shape index (κ2) is 7.02. The maximum Gasteiger partial charge on any atom is 0.185 e. The van der Waals surface area contributed by atoms with Gasteiger partial charge in [0.25, 0.3) is 0 Å². The molecule has 116 valence electrons. The Morgan fingerprint density at radius 2 is 1.91 bits per heavy atom. The van der Waals surface area contributed by atoms with E-state index in [1.165, 1.54) is 17.8 Å². The van der Waals surface area contributed by atoms with Crippen molar-refractivity contribution in [3.05, 3.63) is 76.8 Å². The molecule has 1 heterocycles. The largest absolute Gasteiger partial charge is 0.453 e. The number of hydrogen-bond donors (Lipinski definition) is 0. The number of halogens is 2. The van der Waals surface area contributed by atoms with Gasteiger partial charge in [-0.2, -0.15) is 0 Å². The molecule has 1 aromatic heterocycles. The van der Waals surface area contributed by atoms with Crippen molar-refractivity contribution in [3.8, 4) is 11.3 Å². The van der Waals surface area contributed by atoms with Crippen molar-refractivity contribution in [2.24, 2.45) is 0 Å². The molecule has 0 aliphatic rings. The number of furan rings is 1. The average molecular weight is 347 g/mol. The van der Waals surface area contributed by atoms with Crippen molar-refractivity contribution in [1.29, 1.82) is 0 Å². The van der Waals surface area contributed by atoms with Crippen molar-refractivity contribution >= 4 is 29.6 Å². The number of carbonyl (C=O) groups excluding carboxylic acids is 1. The molecule has 3 aromatic rings. The molecule has 5 heteroatoms. The Kier molecular flexibility index (Phi) is 4.84. The van der Waals surface area contributed by atoms with Crippen LogP contribution in [0, 0.1) is 5.82 Å². The van der Waals surface area contributed by atoms with Crippen LogP contribution < -0.4 is 0 Å². The first-order valence-corrected chi connectivity index (χ1v) is 8.25. The van der Waals surface area contributed by atoms with Crippen LogP contribution >= 0.6 is 23.4 Å². The zero-order valence-corrected chi connectivity index (χ0v) is 13.5. The van der Waals surface area contributed by atoms with E-state index in [9.17, 15) is 9.18 Å². The Morgan fingerprint density at radius 3 is 2.70 bits per heavy atom. The summed E-state index contributed by atoms with van der Waals surface area (Å²) in [7, 11) is 0. The van der Waals surface area contributed by atoms with E-state index in [2.05, 4.69) is 0 Å². The fourth-order valence-electron chi connectivity index (χ4n) is 2.17. The van der Waals surface area contributed by atoms with Crippen molar-refractivity contribution < 1.29 is 13.6 Å². The Morgan fingerprint density at radius 1 is 1.09 bits per heavy atom. The molecular weight excluding hydrogens is 335 g/mol. The number of carbonyl (C=O) groups is 1. The maximum absolute atomic E-state index is 14.0. The molecule has 2 nitrogen and oxygen atoms in total. The molecule has 23 heavy (non-hydrogen) atoms. The Bertz CT molecular complexity index is 845. The lowest BCUT2D eigenvalue weighted by atomic mass is 10.2. The summed E-state index contributed by atoms with van der Waals surface area (Å²) in [5, 5.41) is 0.123. The third-order valence-electron chi connectivity index (χ3n) is 3.31. The fourth-order valence-corrected chi connectivity index (χ4v) is 3.40. The van der Waals surface area contributed by atoms with Crippen LogP contribution in [0.3, 0.4) is 0 Å². The van der Waals surface area contributed by atoms with Gasteiger partial charge in [-0.1, -0.05) is 41.9 Å². The zero-order chi connectivity index (χ0) is 16.2. The van der Waals surface area contributed by atoms with Crippen molar-refractivity contribution in [2.45, 2.75) is 10.6 Å². The molecule has 0 aliphatic heterocycles. The lowest BCUT2D eigenvalue weighted by Crippen LogP contribution is -1.89. The van der Waals surface area contributed by atoms with Gasteiger partial charge in [0.05, 0.1) is 5.02 Å². The normalized spacial score (nSPS) is 10.7. The second-order valence-electron chi connectivity index (χ2n) is 4.82. The van der Waals surface area contributed by atoms with E-state index in [4.69, 9.17) is 16.0 Å². The van der Waals surface area contributed by atoms with Crippen LogP contribution in [0.4, 0.5) is 4.39 Å². The van der Waals surface area contributed by atoms with Crippen LogP contribution in [-0.2, 0) is 5.75 Å². The highest BCUT2D eigenvalue weighted by Gasteiger charge is 2.12. The van der Waals surface area contributed by atoms with Crippen LogP contribution in [0.5, 0.6) is 0 Å². The summed E-state index contributed by atoms with van der Waals surface area (Å²) in [6.45, 7) is 0. The summed E-state index contributed by atoms with van der Waals surface area (Å²) in [6.07, 6.45) is 0.667. The molecule has 0 unspecified atom stereocenters. The van der Waals surface area contributed by atoms with Crippen LogP contribution in [0.15, 0.2) is 63.9 Å². The number of benzene rings is 2. The van der Waals surface area contributed by atoms with Crippen molar-refractivity contribution in [1.82, 2.24) is 0 Å². The fraction of sp³-hybridized carbons (Fsp3) is 0.0556. The van der Waals surface area contributed by atoms with E-state index in [0.29, 0.717) is 23.4 Å². The first-order valence-electron chi connectivity index (χ1n) is 6.89. The number of thioether (sulfide) groups is 1. The number of aldehydes is 1. The molecule has 0 N–H and O–H groups in total. The SMILES string of the molecule is O=Cc1ccc(-c2ccccc2SCc2cccc(Cl)c2F)o1. The van der Waals surface area contributed by atoms with Crippen LogP contribution in [0.25, 0.3) is 11.3 Å². The highest BCUT2D eigenvalue weighted by atomic mass is 35.5. The minimum atomic E-state index is -0.389. The van der Waals surface area contributed by atoms with Gasteiger partial charge in [-0.15, -0.1) is 11.8 Å². The van der Waals surface area contributed by atoms with E-state index in [1.54, 1.807) is 24.3 Å². The molecule has 0 atom stereocenters. The summed E-state index contributed by atoms with van der Waals surface area (Å²) in [4.78, 5) is 11.7. The van der Waals surface area contributed by atoms with Crippen molar-refractivity contribution in [2.75, 3.05) is 0 Å². The van der Waals surface area contributed by atoms with Gasteiger partial charge in [0.1, 0.15) is 11.6 Å². The molecule has 0 spiro atoms. The third-order valence-corrected chi connectivity index (χ3v) is 4.72. The van der Waals surface area contributed by atoms with E-state index in [0.717, 1.165) is 10.5 Å². The average Bonchev–Trinajstić information content (AvgIpc) is 3.05.